The Bertz CT molecular complexity index is 1420. The number of benzene rings is 3. The van der Waals surface area contributed by atoms with Gasteiger partial charge in [0.1, 0.15) is 11.6 Å². The van der Waals surface area contributed by atoms with Crippen LogP contribution in [0.3, 0.4) is 0 Å². The maximum Gasteiger partial charge on any atom is 0.263 e. The van der Waals surface area contributed by atoms with Crippen molar-refractivity contribution in [1.82, 2.24) is 19.2 Å². The maximum absolute atomic E-state index is 14.5. The first-order chi connectivity index (χ1) is 14.1. The fourth-order valence-electron chi connectivity index (χ4n) is 3.49. The van der Waals surface area contributed by atoms with Gasteiger partial charge in [0, 0.05) is 0 Å². The molecule has 0 spiro atoms. The van der Waals surface area contributed by atoms with Crippen LogP contribution in [0, 0.1) is 11.6 Å². The van der Waals surface area contributed by atoms with E-state index in [1.165, 1.54) is 22.8 Å². The van der Waals surface area contributed by atoms with Crippen molar-refractivity contribution in [2.45, 2.75) is 6.54 Å². The van der Waals surface area contributed by atoms with Crippen LogP contribution in [0.2, 0.25) is 0 Å². The summed E-state index contributed by atoms with van der Waals surface area (Å²) < 4.78 is 30.9. The van der Waals surface area contributed by atoms with E-state index >= 15 is 0 Å². The van der Waals surface area contributed by atoms with E-state index in [-0.39, 0.29) is 29.3 Å². The van der Waals surface area contributed by atoms with Gasteiger partial charge >= 0.3 is 0 Å². The van der Waals surface area contributed by atoms with Crippen LogP contribution in [0.4, 0.5) is 8.78 Å². The highest BCUT2D eigenvalue weighted by atomic mass is 19.1. The molecular formula is C22H14F2N4O. The van der Waals surface area contributed by atoms with Crippen molar-refractivity contribution < 1.29 is 8.78 Å². The molecule has 0 saturated carbocycles. The SMILES string of the molecule is O=c1c2ccccc2n2c(-c3ccccc3F)nnc2n1Cc1ccc(F)cc1. The first-order valence-corrected chi connectivity index (χ1v) is 8.99. The highest BCUT2D eigenvalue weighted by Gasteiger charge is 2.19. The lowest BCUT2D eigenvalue weighted by Crippen LogP contribution is -2.24. The van der Waals surface area contributed by atoms with Crippen LogP contribution in [0.25, 0.3) is 28.1 Å². The molecule has 5 nitrogen and oxygen atoms in total. The number of rotatable bonds is 3. The van der Waals surface area contributed by atoms with Crippen molar-refractivity contribution in [2.24, 2.45) is 0 Å². The zero-order valence-electron chi connectivity index (χ0n) is 15.1. The lowest BCUT2D eigenvalue weighted by atomic mass is 10.2. The van der Waals surface area contributed by atoms with Gasteiger partial charge in [0.25, 0.3) is 5.56 Å². The minimum atomic E-state index is -0.429. The molecule has 0 atom stereocenters. The van der Waals surface area contributed by atoms with Crippen LogP contribution >= 0.6 is 0 Å². The number of fused-ring (bicyclic) bond motifs is 3. The van der Waals surface area contributed by atoms with Crippen molar-refractivity contribution in [2.75, 3.05) is 0 Å². The molecule has 0 fully saturated rings. The van der Waals surface area contributed by atoms with Crippen molar-refractivity contribution in [3.05, 3.63) is 100 Å². The Morgan fingerprint density at radius 3 is 2.34 bits per heavy atom. The van der Waals surface area contributed by atoms with Crippen molar-refractivity contribution in [3.63, 3.8) is 0 Å². The van der Waals surface area contributed by atoms with Crippen molar-refractivity contribution >= 4 is 16.7 Å². The van der Waals surface area contributed by atoms with E-state index in [1.54, 1.807) is 59.0 Å². The first-order valence-electron chi connectivity index (χ1n) is 8.99. The highest BCUT2D eigenvalue weighted by molar-refractivity contribution is 5.82. The molecule has 142 valence electrons. The van der Waals surface area contributed by atoms with Gasteiger partial charge in [-0.1, -0.05) is 36.4 Å². The Labute approximate surface area is 163 Å². The number of nitrogens with zero attached hydrogens (tertiary/aromatic N) is 4. The minimum Gasteiger partial charge on any atom is -0.272 e. The van der Waals surface area contributed by atoms with Crippen LogP contribution in [-0.4, -0.2) is 19.2 Å². The Morgan fingerprint density at radius 2 is 1.55 bits per heavy atom. The van der Waals surface area contributed by atoms with Gasteiger partial charge in [-0.05, 0) is 42.0 Å². The number of halogens is 2. The molecule has 5 aromatic rings. The second-order valence-electron chi connectivity index (χ2n) is 6.67. The lowest BCUT2D eigenvalue weighted by Gasteiger charge is -2.12. The fourth-order valence-corrected chi connectivity index (χ4v) is 3.49. The summed E-state index contributed by atoms with van der Waals surface area (Å²) in [5.74, 6) is -0.185. The molecule has 0 unspecified atom stereocenters. The molecule has 0 aliphatic rings. The van der Waals surface area contributed by atoms with Gasteiger partial charge in [-0.3, -0.25) is 13.8 Å². The summed E-state index contributed by atoms with van der Waals surface area (Å²) in [7, 11) is 0. The Morgan fingerprint density at radius 1 is 0.828 bits per heavy atom. The van der Waals surface area contributed by atoms with Gasteiger partial charge in [0.05, 0.1) is 23.0 Å². The smallest absolute Gasteiger partial charge is 0.263 e. The fraction of sp³-hybridized carbons (Fsp3) is 0.0455. The van der Waals surface area contributed by atoms with E-state index in [0.717, 1.165) is 5.56 Å². The minimum absolute atomic E-state index is 0.183. The largest absolute Gasteiger partial charge is 0.272 e. The summed E-state index contributed by atoms with van der Waals surface area (Å²) in [5, 5.41) is 8.84. The van der Waals surface area contributed by atoms with E-state index in [2.05, 4.69) is 10.2 Å². The second kappa shape index (κ2) is 6.63. The van der Waals surface area contributed by atoms with E-state index in [1.807, 2.05) is 0 Å². The Hall–Kier alpha value is -3.87. The monoisotopic (exact) mass is 388 g/mol. The highest BCUT2D eigenvalue weighted by Crippen LogP contribution is 2.24. The molecule has 0 amide bonds. The second-order valence-corrected chi connectivity index (χ2v) is 6.67. The van der Waals surface area contributed by atoms with Crippen LogP contribution in [-0.2, 0) is 6.54 Å². The molecular weight excluding hydrogens is 374 g/mol. The predicted octanol–water partition coefficient (Wildman–Crippen LogP) is 4.04. The van der Waals surface area contributed by atoms with E-state index in [0.29, 0.717) is 16.7 Å². The van der Waals surface area contributed by atoms with Crippen LogP contribution < -0.4 is 5.56 Å². The van der Waals surface area contributed by atoms with Crippen LogP contribution in [0.15, 0.2) is 77.6 Å². The molecule has 0 N–H and O–H groups in total. The van der Waals surface area contributed by atoms with E-state index in [4.69, 9.17) is 0 Å². The van der Waals surface area contributed by atoms with Crippen LogP contribution in [0.5, 0.6) is 0 Å². The summed E-state index contributed by atoms with van der Waals surface area (Å²) in [6.07, 6.45) is 0. The quantitative estimate of drug-likeness (QED) is 0.469. The van der Waals surface area contributed by atoms with Gasteiger partial charge in [0.15, 0.2) is 5.82 Å². The van der Waals surface area contributed by atoms with Gasteiger partial charge in [0.2, 0.25) is 5.78 Å². The van der Waals surface area contributed by atoms with Gasteiger partial charge in [-0.15, -0.1) is 10.2 Å². The molecule has 0 radical (unpaired) electrons. The molecule has 5 rings (SSSR count). The van der Waals surface area contributed by atoms with Crippen LogP contribution in [0.1, 0.15) is 5.56 Å². The topological polar surface area (TPSA) is 52.2 Å². The average molecular weight is 388 g/mol. The predicted molar refractivity (Wildman–Crippen MR) is 106 cm³/mol. The number of hydrogen-bond donors (Lipinski definition) is 0. The molecule has 7 heteroatoms. The zero-order valence-corrected chi connectivity index (χ0v) is 15.1. The summed E-state index contributed by atoms with van der Waals surface area (Å²) in [4.78, 5) is 13.2. The summed E-state index contributed by atoms with van der Waals surface area (Å²) in [6, 6.07) is 19.3. The van der Waals surface area contributed by atoms with E-state index < -0.39 is 5.82 Å². The van der Waals surface area contributed by atoms with Crippen molar-refractivity contribution in [3.8, 4) is 11.4 Å². The Balaban J connectivity index is 1.84. The molecule has 0 bridgehead atoms. The first kappa shape index (κ1) is 17.2. The van der Waals surface area contributed by atoms with Gasteiger partial charge in [-0.2, -0.15) is 0 Å². The Kier molecular flexibility index (Phi) is 3.94. The molecule has 29 heavy (non-hydrogen) atoms. The summed E-state index contributed by atoms with van der Waals surface area (Å²) >= 11 is 0. The molecule has 0 saturated heterocycles. The van der Waals surface area contributed by atoms with E-state index in [9.17, 15) is 13.6 Å². The number of aromatic nitrogens is 4. The lowest BCUT2D eigenvalue weighted by molar-refractivity contribution is 0.626. The molecule has 0 aliphatic carbocycles. The summed E-state index contributed by atoms with van der Waals surface area (Å²) in [5.41, 5.74) is 1.37. The van der Waals surface area contributed by atoms with Gasteiger partial charge in [-0.25, -0.2) is 8.78 Å². The average Bonchev–Trinajstić information content (AvgIpc) is 3.18. The third-order valence-corrected chi connectivity index (χ3v) is 4.88. The normalized spacial score (nSPS) is 11.4. The maximum atomic E-state index is 14.5. The summed E-state index contributed by atoms with van der Waals surface area (Å²) in [6.45, 7) is 0.183. The standard InChI is InChI=1S/C22H14F2N4O/c23-15-11-9-14(10-12-15)13-27-21(29)17-6-2-4-8-19(17)28-20(25-26-22(27)28)16-5-1-3-7-18(16)24/h1-12H,13H2. The van der Waals surface area contributed by atoms with Gasteiger partial charge < -0.3 is 0 Å². The molecule has 0 aliphatic heterocycles. The third kappa shape index (κ3) is 2.79. The number of para-hydroxylation sites is 1. The molecule has 3 aromatic carbocycles. The molecule has 2 aromatic heterocycles. The zero-order chi connectivity index (χ0) is 20.0. The van der Waals surface area contributed by atoms with Crippen molar-refractivity contribution in [1.29, 1.82) is 0 Å². The molecule has 2 heterocycles. The third-order valence-electron chi connectivity index (χ3n) is 4.88. The number of hydrogen-bond acceptors (Lipinski definition) is 3.